The Bertz CT molecular complexity index is 1270. The highest BCUT2D eigenvalue weighted by Crippen LogP contribution is 2.48. The number of aromatic hydroxyl groups is 4. The number of allylic oxidation sites excluding steroid dienone is 3. The van der Waals surface area contributed by atoms with Crippen LogP contribution in [-0.4, -0.2) is 29.6 Å². The minimum absolute atomic E-state index is 0.00929. The molecule has 0 fully saturated rings. The van der Waals surface area contributed by atoms with Crippen LogP contribution in [0.2, 0.25) is 0 Å². The first-order valence-electron chi connectivity index (χ1n) is 10.6. The molecule has 32 heavy (non-hydrogen) atoms. The molecule has 0 aliphatic heterocycles. The average Bonchev–Trinajstić information content (AvgIpc) is 3.16. The summed E-state index contributed by atoms with van der Waals surface area (Å²) in [5, 5.41) is 42.9. The lowest BCUT2D eigenvalue weighted by Crippen LogP contribution is -2.27. The predicted octanol–water partition coefficient (Wildman–Crippen LogP) is 5.21. The highest BCUT2D eigenvalue weighted by atomic mass is 16.3. The van der Waals surface area contributed by atoms with Gasteiger partial charge in [-0.15, -0.1) is 0 Å². The van der Waals surface area contributed by atoms with Gasteiger partial charge in [0.05, 0.1) is 5.54 Å². The highest BCUT2D eigenvalue weighted by molar-refractivity contribution is 5.76. The van der Waals surface area contributed by atoms with Crippen molar-refractivity contribution in [3.05, 3.63) is 70.8 Å². The van der Waals surface area contributed by atoms with Gasteiger partial charge in [-0.25, -0.2) is 0 Å². The van der Waals surface area contributed by atoms with Crippen LogP contribution in [0.4, 0.5) is 0 Å². The third kappa shape index (κ3) is 3.09. The molecule has 0 spiro atoms. The fourth-order valence-corrected chi connectivity index (χ4v) is 4.81. The highest BCUT2D eigenvalue weighted by Gasteiger charge is 2.34. The molecule has 2 aromatic heterocycles. The van der Waals surface area contributed by atoms with Crippen LogP contribution >= 0.6 is 0 Å². The zero-order valence-corrected chi connectivity index (χ0v) is 19.1. The number of benzene rings is 1. The van der Waals surface area contributed by atoms with Crippen LogP contribution < -0.4 is 0 Å². The molecule has 4 N–H and O–H groups in total. The molecule has 0 amide bonds. The number of rotatable bonds is 4. The van der Waals surface area contributed by atoms with Gasteiger partial charge in [-0.3, -0.25) is 9.13 Å². The van der Waals surface area contributed by atoms with Crippen LogP contribution in [-0.2, 0) is 19.0 Å². The zero-order chi connectivity index (χ0) is 23.5. The van der Waals surface area contributed by atoms with E-state index in [4.69, 9.17) is 0 Å². The Balaban J connectivity index is 1.79. The van der Waals surface area contributed by atoms with E-state index < -0.39 is 5.54 Å². The summed E-state index contributed by atoms with van der Waals surface area (Å²) >= 11 is 0. The molecule has 0 saturated carbocycles. The number of hydrogen-bond donors (Lipinski definition) is 4. The Hall–Kier alpha value is -3.54. The summed E-state index contributed by atoms with van der Waals surface area (Å²) in [5.74, 6) is -0.298. The first kappa shape index (κ1) is 21.7. The number of fused-ring (bicyclic) bond motifs is 1. The van der Waals surface area contributed by atoms with Gasteiger partial charge in [0.25, 0.3) is 0 Å². The van der Waals surface area contributed by atoms with E-state index in [1.54, 1.807) is 13.1 Å². The van der Waals surface area contributed by atoms with E-state index in [0.717, 1.165) is 22.3 Å². The van der Waals surface area contributed by atoms with Gasteiger partial charge >= 0.3 is 0 Å². The van der Waals surface area contributed by atoms with Crippen molar-refractivity contribution >= 4 is 11.1 Å². The summed E-state index contributed by atoms with van der Waals surface area (Å²) < 4.78 is 2.88. The maximum Gasteiger partial charge on any atom is 0.201 e. The Kier molecular flexibility index (Phi) is 4.92. The molecule has 6 nitrogen and oxygen atoms in total. The normalized spacial score (nSPS) is 16.0. The fraction of sp³-hybridized carbons (Fsp3) is 0.308. The lowest BCUT2D eigenvalue weighted by molar-refractivity contribution is 0.299. The molecular weight excluding hydrogens is 404 g/mol. The van der Waals surface area contributed by atoms with Gasteiger partial charge in [0, 0.05) is 35.7 Å². The van der Waals surface area contributed by atoms with Crippen molar-refractivity contribution in [1.82, 2.24) is 9.13 Å². The van der Waals surface area contributed by atoms with Crippen LogP contribution in [0.5, 0.6) is 23.5 Å². The van der Waals surface area contributed by atoms with Crippen molar-refractivity contribution in [3.8, 4) is 23.5 Å². The maximum absolute atomic E-state index is 11.2. The molecule has 1 atom stereocenters. The largest absolute Gasteiger partial charge is 0.494 e. The summed E-state index contributed by atoms with van der Waals surface area (Å²) in [7, 11) is 1.60. The van der Waals surface area contributed by atoms with Crippen molar-refractivity contribution in [3.63, 3.8) is 0 Å². The van der Waals surface area contributed by atoms with Gasteiger partial charge in [-0.05, 0) is 56.9 Å². The van der Waals surface area contributed by atoms with Crippen LogP contribution in [0.1, 0.15) is 61.4 Å². The fourth-order valence-electron chi connectivity index (χ4n) is 4.81. The van der Waals surface area contributed by atoms with E-state index in [-0.39, 0.29) is 29.4 Å². The van der Waals surface area contributed by atoms with Gasteiger partial charge in [-0.1, -0.05) is 36.4 Å². The van der Waals surface area contributed by atoms with E-state index in [0.29, 0.717) is 23.1 Å². The van der Waals surface area contributed by atoms with Crippen molar-refractivity contribution < 1.29 is 20.4 Å². The first-order valence-corrected chi connectivity index (χ1v) is 10.6. The van der Waals surface area contributed by atoms with Gasteiger partial charge in [0.2, 0.25) is 5.88 Å². The minimum atomic E-state index is -0.733. The molecular formula is C26H30N2O4. The molecule has 1 aromatic carbocycles. The summed E-state index contributed by atoms with van der Waals surface area (Å²) in [4.78, 5) is 0. The predicted molar refractivity (Wildman–Crippen MR) is 126 cm³/mol. The van der Waals surface area contributed by atoms with Crippen LogP contribution in [0.3, 0.4) is 0 Å². The van der Waals surface area contributed by atoms with Gasteiger partial charge in [0.15, 0.2) is 17.6 Å². The van der Waals surface area contributed by atoms with E-state index in [1.807, 2.05) is 58.0 Å². The van der Waals surface area contributed by atoms with Gasteiger partial charge < -0.3 is 20.4 Å². The van der Waals surface area contributed by atoms with Crippen LogP contribution in [0.15, 0.2) is 43.0 Å². The SMILES string of the molecule is C=C(C)c1cccc(C(C)(C)n2c(O)cc(C3C=C(C)c4c(c(O)n(C)c4O)C3)c2O)c1. The second-order valence-electron chi connectivity index (χ2n) is 9.26. The van der Waals surface area contributed by atoms with Crippen molar-refractivity contribution in [1.29, 1.82) is 0 Å². The Labute approximate surface area is 188 Å². The second kappa shape index (κ2) is 7.26. The average molecular weight is 435 g/mol. The molecule has 0 saturated heterocycles. The third-order valence-corrected chi connectivity index (χ3v) is 6.70. The van der Waals surface area contributed by atoms with Crippen LogP contribution in [0.25, 0.3) is 11.1 Å². The standard InChI is InChI=1S/C26H30N2O4/c1-14(2)16-8-7-9-18(11-16)26(4,5)28-21(29)13-19(24(28)31)17-10-15(3)22-20(12-17)23(30)27(6)25(22)32/h7-11,13,17,29-32H,1,12H2,2-6H3. The second-order valence-corrected chi connectivity index (χ2v) is 9.26. The van der Waals surface area contributed by atoms with Gasteiger partial charge in [0.1, 0.15) is 0 Å². The van der Waals surface area contributed by atoms with Crippen molar-refractivity contribution in [2.24, 2.45) is 7.05 Å². The molecule has 3 aromatic rings. The van der Waals surface area contributed by atoms with E-state index in [9.17, 15) is 20.4 Å². The maximum atomic E-state index is 11.2. The van der Waals surface area contributed by atoms with E-state index >= 15 is 0 Å². The van der Waals surface area contributed by atoms with Crippen molar-refractivity contribution in [2.75, 3.05) is 0 Å². The minimum Gasteiger partial charge on any atom is -0.494 e. The molecule has 2 heterocycles. The molecule has 0 bridgehead atoms. The summed E-state index contributed by atoms with van der Waals surface area (Å²) in [6, 6.07) is 9.49. The summed E-state index contributed by atoms with van der Waals surface area (Å²) in [6.45, 7) is 11.7. The summed E-state index contributed by atoms with van der Waals surface area (Å²) in [6.07, 6.45) is 2.35. The lowest BCUT2D eigenvalue weighted by Gasteiger charge is -2.30. The first-order chi connectivity index (χ1) is 14.9. The lowest BCUT2D eigenvalue weighted by atomic mass is 9.84. The molecule has 4 rings (SSSR count). The smallest absolute Gasteiger partial charge is 0.201 e. The Morgan fingerprint density at radius 2 is 1.75 bits per heavy atom. The molecule has 0 radical (unpaired) electrons. The van der Waals surface area contributed by atoms with E-state index in [2.05, 4.69) is 6.58 Å². The molecule has 1 aliphatic carbocycles. The Morgan fingerprint density at radius 3 is 2.41 bits per heavy atom. The van der Waals surface area contributed by atoms with Crippen LogP contribution in [0, 0.1) is 0 Å². The Morgan fingerprint density at radius 1 is 1.06 bits per heavy atom. The number of hydrogen-bond acceptors (Lipinski definition) is 4. The number of nitrogens with zero attached hydrogens (tertiary/aromatic N) is 2. The zero-order valence-electron chi connectivity index (χ0n) is 19.1. The topological polar surface area (TPSA) is 90.8 Å². The quantitative estimate of drug-likeness (QED) is 0.454. The number of aromatic nitrogens is 2. The molecule has 168 valence electrons. The molecule has 1 aliphatic rings. The van der Waals surface area contributed by atoms with Crippen molar-refractivity contribution in [2.45, 2.75) is 45.6 Å². The monoisotopic (exact) mass is 434 g/mol. The van der Waals surface area contributed by atoms with E-state index in [1.165, 1.54) is 9.13 Å². The van der Waals surface area contributed by atoms with Gasteiger partial charge in [-0.2, -0.15) is 0 Å². The summed E-state index contributed by atoms with van der Waals surface area (Å²) in [5.41, 5.74) is 4.77. The molecule has 6 heteroatoms. The third-order valence-electron chi connectivity index (χ3n) is 6.70. The molecule has 1 unspecified atom stereocenters.